The third-order valence-corrected chi connectivity index (χ3v) is 3.19. The lowest BCUT2D eigenvalue weighted by molar-refractivity contribution is -0.388. The first-order valence-corrected chi connectivity index (χ1v) is 6.14. The smallest absolute Gasteiger partial charge is 0.320 e. The molecule has 0 saturated carbocycles. The number of rotatable bonds is 4. The van der Waals surface area contributed by atoms with Crippen molar-refractivity contribution in [1.29, 1.82) is 0 Å². The molecule has 1 N–H and O–H groups in total. The lowest BCUT2D eigenvalue weighted by Gasteiger charge is -2.01. The molecular weight excluding hydrogens is 270 g/mol. The fraction of sp³-hybridized carbons (Fsp3) is 0.300. The number of oxazole rings is 1. The lowest BCUT2D eigenvalue weighted by atomic mass is 10.4. The number of aromatic nitrogens is 3. The summed E-state index contributed by atoms with van der Waals surface area (Å²) >= 11 is 0.997. The van der Waals surface area contributed by atoms with Crippen molar-refractivity contribution in [3.8, 4) is 0 Å². The highest BCUT2D eigenvalue weighted by molar-refractivity contribution is 7.99. The first-order chi connectivity index (χ1) is 9.01. The fourth-order valence-electron chi connectivity index (χ4n) is 1.25. The van der Waals surface area contributed by atoms with Gasteiger partial charge in [0.25, 0.3) is 5.22 Å². The highest BCUT2D eigenvalue weighted by Crippen LogP contribution is 2.33. The third-order valence-electron chi connectivity index (χ3n) is 2.35. The summed E-state index contributed by atoms with van der Waals surface area (Å²) in [5.41, 5.74) is 0.561. The van der Waals surface area contributed by atoms with Gasteiger partial charge in [-0.15, -0.1) is 0 Å². The van der Waals surface area contributed by atoms with Crippen LogP contribution in [0.15, 0.2) is 20.9 Å². The molecule has 2 rings (SSSR count). The summed E-state index contributed by atoms with van der Waals surface area (Å²) in [7, 11) is 1.63. The van der Waals surface area contributed by atoms with Crippen LogP contribution in [0.25, 0.3) is 0 Å². The van der Waals surface area contributed by atoms with E-state index in [4.69, 9.17) is 4.42 Å². The second-order valence-corrected chi connectivity index (χ2v) is 4.55. The van der Waals surface area contributed by atoms with Crippen molar-refractivity contribution in [2.75, 3.05) is 12.4 Å². The molecule has 2 aromatic rings. The molecule has 19 heavy (non-hydrogen) atoms. The molecule has 2 aromatic heterocycles. The van der Waals surface area contributed by atoms with Crippen LogP contribution in [0.1, 0.15) is 11.5 Å². The summed E-state index contributed by atoms with van der Waals surface area (Å²) in [5.74, 6) is 0.973. The summed E-state index contributed by atoms with van der Waals surface area (Å²) in [6.45, 7) is 3.58. The monoisotopic (exact) mass is 281 g/mol. The van der Waals surface area contributed by atoms with E-state index in [9.17, 15) is 10.1 Å². The minimum Gasteiger partial charge on any atom is -0.436 e. The average Bonchev–Trinajstić information content (AvgIpc) is 2.67. The van der Waals surface area contributed by atoms with E-state index in [1.165, 1.54) is 0 Å². The summed E-state index contributed by atoms with van der Waals surface area (Å²) in [6.07, 6.45) is 1.16. The zero-order valence-electron chi connectivity index (χ0n) is 10.5. The topological polar surface area (TPSA) is 107 Å². The van der Waals surface area contributed by atoms with Gasteiger partial charge in [0.15, 0.2) is 5.03 Å². The molecule has 0 amide bonds. The van der Waals surface area contributed by atoms with Gasteiger partial charge in [-0.2, -0.15) is 4.98 Å². The molecule has 0 aliphatic rings. The summed E-state index contributed by atoms with van der Waals surface area (Å²) in [4.78, 5) is 22.4. The molecule has 0 saturated heterocycles. The van der Waals surface area contributed by atoms with E-state index in [1.54, 1.807) is 20.9 Å². The summed E-state index contributed by atoms with van der Waals surface area (Å²) in [5, 5.41) is 14.2. The Labute approximate surface area is 112 Å². The Bertz CT molecular complexity index is 608. The van der Waals surface area contributed by atoms with Gasteiger partial charge in [-0.1, -0.05) is 0 Å². The molecule has 0 aromatic carbocycles. The van der Waals surface area contributed by atoms with Crippen LogP contribution in [0.3, 0.4) is 0 Å². The quantitative estimate of drug-likeness (QED) is 0.516. The fourth-order valence-corrected chi connectivity index (χ4v) is 2.13. The predicted octanol–water partition coefficient (Wildman–Crippen LogP) is 2.18. The Morgan fingerprint density at radius 2 is 2.16 bits per heavy atom. The lowest BCUT2D eigenvalue weighted by Crippen LogP contribution is -2.00. The van der Waals surface area contributed by atoms with Crippen molar-refractivity contribution < 1.29 is 9.34 Å². The van der Waals surface area contributed by atoms with Crippen LogP contribution in [-0.4, -0.2) is 26.9 Å². The van der Waals surface area contributed by atoms with E-state index in [1.807, 2.05) is 0 Å². The Morgan fingerprint density at radius 1 is 1.42 bits per heavy atom. The largest absolute Gasteiger partial charge is 0.436 e. The van der Waals surface area contributed by atoms with Crippen LogP contribution in [0.5, 0.6) is 0 Å². The van der Waals surface area contributed by atoms with Gasteiger partial charge in [0.2, 0.25) is 5.95 Å². The number of nitrogens with one attached hydrogen (secondary N) is 1. The first kappa shape index (κ1) is 13.3. The van der Waals surface area contributed by atoms with Gasteiger partial charge < -0.3 is 9.73 Å². The number of nitro groups is 1. The van der Waals surface area contributed by atoms with Crippen LogP contribution in [0, 0.1) is 24.0 Å². The molecule has 100 valence electrons. The van der Waals surface area contributed by atoms with Gasteiger partial charge in [-0.25, -0.2) is 9.97 Å². The number of anilines is 1. The van der Waals surface area contributed by atoms with Crippen LogP contribution in [0.4, 0.5) is 11.6 Å². The van der Waals surface area contributed by atoms with Gasteiger partial charge in [-0.05, 0) is 25.6 Å². The van der Waals surface area contributed by atoms with Gasteiger partial charge in [-0.3, -0.25) is 10.1 Å². The van der Waals surface area contributed by atoms with Crippen LogP contribution < -0.4 is 5.32 Å². The van der Waals surface area contributed by atoms with Crippen molar-refractivity contribution in [1.82, 2.24) is 15.0 Å². The van der Waals surface area contributed by atoms with E-state index >= 15 is 0 Å². The summed E-state index contributed by atoms with van der Waals surface area (Å²) < 4.78 is 5.37. The average molecular weight is 281 g/mol. The van der Waals surface area contributed by atoms with E-state index in [2.05, 4.69) is 20.3 Å². The maximum Gasteiger partial charge on any atom is 0.320 e. The van der Waals surface area contributed by atoms with Crippen LogP contribution in [0.2, 0.25) is 0 Å². The molecule has 0 spiro atoms. The first-order valence-electron chi connectivity index (χ1n) is 5.32. The Balaban J connectivity index is 2.39. The van der Waals surface area contributed by atoms with Gasteiger partial charge >= 0.3 is 5.69 Å². The predicted molar refractivity (Wildman–Crippen MR) is 68.3 cm³/mol. The van der Waals surface area contributed by atoms with Gasteiger partial charge in [0, 0.05) is 7.05 Å². The maximum absolute atomic E-state index is 10.9. The van der Waals surface area contributed by atoms with E-state index in [0.29, 0.717) is 16.9 Å². The standard InChI is InChI=1S/C10H11N5O3S/c1-5-6(2)18-10(13-5)19-8-7(15(16)17)4-12-9(11-3)14-8/h4H,1-3H3,(H,11,12,14). The number of aryl methyl sites for hydroxylation is 2. The van der Waals surface area contributed by atoms with Gasteiger partial charge in [0.05, 0.1) is 10.6 Å². The van der Waals surface area contributed by atoms with E-state index < -0.39 is 4.92 Å². The molecular formula is C10H11N5O3S. The SMILES string of the molecule is CNc1ncc([N+](=O)[O-])c(Sc2nc(C)c(C)o2)n1. The third kappa shape index (κ3) is 2.81. The van der Waals surface area contributed by atoms with Crippen molar-refractivity contribution in [2.45, 2.75) is 24.1 Å². The summed E-state index contributed by atoms with van der Waals surface area (Å²) in [6, 6.07) is 0. The van der Waals surface area contributed by atoms with E-state index in [0.717, 1.165) is 23.7 Å². The molecule has 9 heteroatoms. The zero-order valence-corrected chi connectivity index (χ0v) is 11.3. The van der Waals surface area contributed by atoms with Gasteiger partial charge in [0.1, 0.15) is 12.0 Å². The second-order valence-electron chi connectivity index (χ2n) is 3.61. The van der Waals surface area contributed by atoms with Crippen LogP contribution in [-0.2, 0) is 0 Å². The Hall–Kier alpha value is -2.16. The van der Waals surface area contributed by atoms with Crippen molar-refractivity contribution in [2.24, 2.45) is 0 Å². The van der Waals surface area contributed by atoms with Crippen LogP contribution >= 0.6 is 11.8 Å². The molecule has 2 heterocycles. The maximum atomic E-state index is 10.9. The molecule has 0 aliphatic heterocycles. The molecule has 0 radical (unpaired) electrons. The minimum atomic E-state index is -0.537. The second kappa shape index (κ2) is 5.22. The normalized spacial score (nSPS) is 10.5. The van der Waals surface area contributed by atoms with Crippen molar-refractivity contribution in [3.63, 3.8) is 0 Å². The number of nitrogens with zero attached hydrogens (tertiary/aromatic N) is 4. The molecule has 0 unspecified atom stereocenters. The molecule has 0 fully saturated rings. The molecule has 8 nitrogen and oxygen atoms in total. The Kier molecular flexibility index (Phi) is 3.65. The number of hydrogen-bond donors (Lipinski definition) is 1. The Morgan fingerprint density at radius 3 is 2.68 bits per heavy atom. The highest BCUT2D eigenvalue weighted by Gasteiger charge is 2.20. The highest BCUT2D eigenvalue weighted by atomic mass is 32.2. The van der Waals surface area contributed by atoms with E-state index in [-0.39, 0.29) is 10.7 Å². The molecule has 0 atom stereocenters. The number of hydrogen-bond acceptors (Lipinski definition) is 8. The molecule has 0 aliphatic carbocycles. The van der Waals surface area contributed by atoms with Crippen molar-refractivity contribution in [3.05, 3.63) is 27.8 Å². The zero-order chi connectivity index (χ0) is 14.0. The minimum absolute atomic E-state index is 0.183. The van der Waals surface area contributed by atoms with Crippen molar-refractivity contribution >= 4 is 23.4 Å². The molecule has 0 bridgehead atoms.